The largest absolute Gasteiger partial charge is 0.353 e. The number of hydrogen-bond acceptors (Lipinski definition) is 4. The predicted octanol–water partition coefficient (Wildman–Crippen LogP) is 2.14. The van der Waals surface area contributed by atoms with E-state index in [0.29, 0.717) is 32.6 Å². The van der Waals surface area contributed by atoms with Crippen LogP contribution in [0.15, 0.2) is 35.2 Å². The molecule has 0 radical (unpaired) electrons. The van der Waals surface area contributed by atoms with Gasteiger partial charge in [-0.05, 0) is 38.8 Å². The Bertz CT molecular complexity index is 455. The van der Waals surface area contributed by atoms with Crippen LogP contribution < -0.4 is 4.72 Å². The summed E-state index contributed by atoms with van der Waals surface area (Å²) in [6.07, 6.45) is 1.07. The second-order valence-electron chi connectivity index (χ2n) is 4.19. The van der Waals surface area contributed by atoms with E-state index in [0.717, 1.165) is 0 Å². The van der Waals surface area contributed by atoms with Crippen LogP contribution in [0.1, 0.15) is 26.7 Å². The van der Waals surface area contributed by atoms with Crippen LogP contribution in [0.5, 0.6) is 0 Å². The molecule has 0 aliphatic rings. The van der Waals surface area contributed by atoms with Crippen molar-refractivity contribution >= 4 is 10.0 Å². The van der Waals surface area contributed by atoms with E-state index in [-0.39, 0.29) is 11.2 Å². The Morgan fingerprint density at radius 3 is 2.25 bits per heavy atom. The molecule has 0 fully saturated rings. The molecule has 0 aromatic heterocycles. The van der Waals surface area contributed by atoms with Crippen LogP contribution in [0.4, 0.5) is 0 Å². The monoisotopic (exact) mass is 301 g/mol. The molecule has 6 heteroatoms. The normalized spacial score (nSPS) is 11.9. The lowest BCUT2D eigenvalue weighted by Gasteiger charge is -2.16. The SMILES string of the molecule is CCOC(CCCNS(=O)(=O)c1ccccc1)OCC. The van der Waals surface area contributed by atoms with Crippen LogP contribution in [0.2, 0.25) is 0 Å². The van der Waals surface area contributed by atoms with Gasteiger partial charge in [-0.3, -0.25) is 0 Å². The Labute approximate surface area is 121 Å². The minimum Gasteiger partial charge on any atom is -0.353 e. The Morgan fingerprint density at radius 2 is 1.70 bits per heavy atom. The quantitative estimate of drug-likeness (QED) is 0.531. The van der Waals surface area contributed by atoms with Crippen LogP contribution in [-0.2, 0) is 19.5 Å². The first-order valence-corrected chi connectivity index (χ1v) is 8.36. The minimum absolute atomic E-state index is 0.258. The number of sulfonamides is 1. The van der Waals surface area contributed by atoms with Gasteiger partial charge in [-0.2, -0.15) is 0 Å². The zero-order valence-electron chi connectivity index (χ0n) is 12.0. The molecule has 0 saturated carbocycles. The van der Waals surface area contributed by atoms with Crippen molar-refractivity contribution in [1.29, 1.82) is 0 Å². The summed E-state index contributed by atoms with van der Waals surface area (Å²) in [7, 11) is -3.41. The van der Waals surface area contributed by atoms with E-state index < -0.39 is 10.0 Å². The maximum atomic E-state index is 12.0. The van der Waals surface area contributed by atoms with Crippen molar-refractivity contribution < 1.29 is 17.9 Å². The topological polar surface area (TPSA) is 64.6 Å². The van der Waals surface area contributed by atoms with Crippen LogP contribution in [0.3, 0.4) is 0 Å². The van der Waals surface area contributed by atoms with Gasteiger partial charge in [0.25, 0.3) is 0 Å². The average molecular weight is 301 g/mol. The number of rotatable bonds is 10. The minimum atomic E-state index is -3.41. The van der Waals surface area contributed by atoms with E-state index in [4.69, 9.17) is 9.47 Å². The number of hydrogen-bond donors (Lipinski definition) is 1. The predicted molar refractivity (Wildman–Crippen MR) is 77.9 cm³/mol. The van der Waals surface area contributed by atoms with Crippen molar-refractivity contribution in [1.82, 2.24) is 4.72 Å². The van der Waals surface area contributed by atoms with Gasteiger partial charge in [0, 0.05) is 19.8 Å². The maximum Gasteiger partial charge on any atom is 0.240 e. The smallest absolute Gasteiger partial charge is 0.240 e. The Kier molecular flexibility index (Phi) is 7.76. The van der Waals surface area contributed by atoms with Gasteiger partial charge in [-0.15, -0.1) is 0 Å². The zero-order valence-corrected chi connectivity index (χ0v) is 12.9. The summed E-state index contributed by atoms with van der Waals surface area (Å²) in [5.74, 6) is 0. The molecule has 114 valence electrons. The molecule has 0 amide bonds. The third-order valence-electron chi connectivity index (χ3n) is 2.67. The Balaban J connectivity index is 2.36. The highest BCUT2D eigenvalue weighted by molar-refractivity contribution is 7.89. The van der Waals surface area contributed by atoms with Crippen molar-refractivity contribution in [3.05, 3.63) is 30.3 Å². The highest BCUT2D eigenvalue weighted by Crippen LogP contribution is 2.08. The van der Waals surface area contributed by atoms with E-state index in [1.165, 1.54) is 0 Å². The average Bonchev–Trinajstić information content (AvgIpc) is 2.45. The van der Waals surface area contributed by atoms with E-state index in [1.807, 2.05) is 13.8 Å². The molecule has 0 unspecified atom stereocenters. The molecule has 0 heterocycles. The molecule has 1 aromatic rings. The summed E-state index contributed by atoms with van der Waals surface area (Å²) < 4.78 is 37.3. The fraction of sp³-hybridized carbons (Fsp3) is 0.571. The van der Waals surface area contributed by atoms with E-state index in [1.54, 1.807) is 30.3 Å². The first kappa shape index (κ1) is 17.1. The molecule has 0 spiro atoms. The lowest BCUT2D eigenvalue weighted by Crippen LogP contribution is -2.26. The van der Waals surface area contributed by atoms with Gasteiger partial charge in [0.2, 0.25) is 10.0 Å². The number of ether oxygens (including phenoxy) is 2. The molecule has 0 atom stereocenters. The summed E-state index contributed by atoms with van der Waals surface area (Å²) in [5.41, 5.74) is 0. The summed E-state index contributed by atoms with van der Waals surface area (Å²) in [6, 6.07) is 8.34. The van der Waals surface area contributed by atoms with E-state index in [9.17, 15) is 8.42 Å². The fourth-order valence-electron chi connectivity index (χ4n) is 1.74. The lowest BCUT2D eigenvalue weighted by molar-refractivity contribution is -0.139. The van der Waals surface area contributed by atoms with Crippen LogP contribution in [0, 0.1) is 0 Å². The van der Waals surface area contributed by atoms with E-state index >= 15 is 0 Å². The second-order valence-corrected chi connectivity index (χ2v) is 5.96. The first-order chi connectivity index (χ1) is 9.60. The van der Waals surface area contributed by atoms with Gasteiger partial charge >= 0.3 is 0 Å². The maximum absolute atomic E-state index is 12.0. The summed E-state index contributed by atoms with van der Waals surface area (Å²) in [6.45, 7) is 5.35. The molecule has 5 nitrogen and oxygen atoms in total. The molecular formula is C14H23NO4S. The highest BCUT2D eigenvalue weighted by atomic mass is 32.2. The van der Waals surface area contributed by atoms with Gasteiger partial charge in [-0.25, -0.2) is 13.1 Å². The lowest BCUT2D eigenvalue weighted by atomic mass is 10.3. The van der Waals surface area contributed by atoms with Crippen LogP contribution in [-0.4, -0.2) is 34.5 Å². The molecule has 20 heavy (non-hydrogen) atoms. The fourth-order valence-corrected chi connectivity index (χ4v) is 2.84. The second kappa shape index (κ2) is 9.07. The van der Waals surface area contributed by atoms with E-state index in [2.05, 4.69) is 4.72 Å². The molecule has 1 N–H and O–H groups in total. The molecule has 1 rings (SSSR count). The van der Waals surface area contributed by atoms with Crippen molar-refractivity contribution in [3.8, 4) is 0 Å². The standard InChI is InChI=1S/C14H23NO4S/c1-3-18-14(19-4-2)11-8-12-15-20(16,17)13-9-6-5-7-10-13/h5-7,9-10,14-15H,3-4,8,11-12H2,1-2H3. The van der Waals surface area contributed by atoms with Crippen molar-refractivity contribution in [2.24, 2.45) is 0 Å². The molecule has 0 saturated heterocycles. The Hall–Kier alpha value is -0.950. The van der Waals surface area contributed by atoms with Gasteiger partial charge in [0.05, 0.1) is 4.90 Å². The van der Waals surface area contributed by atoms with Gasteiger partial charge < -0.3 is 9.47 Å². The number of benzene rings is 1. The van der Waals surface area contributed by atoms with Gasteiger partial charge in [0.15, 0.2) is 6.29 Å². The van der Waals surface area contributed by atoms with Gasteiger partial charge in [-0.1, -0.05) is 18.2 Å². The molecule has 1 aromatic carbocycles. The number of nitrogens with one attached hydrogen (secondary N) is 1. The van der Waals surface area contributed by atoms with Crippen molar-refractivity contribution in [3.63, 3.8) is 0 Å². The summed E-state index contributed by atoms with van der Waals surface area (Å²) in [4.78, 5) is 0.283. The van der Waals surface area contributed by atoms with Crippen LogP contribution >= 0.6 is 0 Å². The third kappa shape index (κ3) is 6.00. The molecule has 0 aliphatic heterocycles. The highest BCUT2D eigenvalue weighted by Gasteiger charge is 2.13. The molecule has 0 aliphatic carbocycles. The van der Waals surface area contributed by atoms with Crippen molar-refractivity contribution in [2.75, 3.05) is 19.8 Å². The van der Waals surface area contributed by atoms with Gasteiger partial charge in [0.1, 0.15) is 0 Å². The zero-order chi connectivity index (χ0) is 14.8. The molecule has 0 bridgehead atoms. The summed E-state index contributed by atoms with van der Waals surface area (Å²) in [5, 5.41) is 0. The summed E-state index contributed by atoms with van der Waals surface area (Å²) >= 11 is 0. The first-order valence-electron chi connectivity index (χ1n) is 6.88. The Morgan fingerprint density at radius 1 is 1.10 bits per heavy atom. The van der Waals surface area contributed by atoms with Crippen molar-refractivity contribution in [2.45, 2.75) is 37.9 Å². The third-order valence-corrected chi connectivity index (χ3v) is 4.14. The van der Waals surface area contributed by atoms with Crippen LogP contribution in [0.25, 0.3) is 0 Å². The molecular weight excluding hydrogens is 278 g/mol.